The lowest BCUT2D eigenvalue weighted by atomic mass is 10.2. The number of nitro groups is 1. The molecule has 0 aliphatic carbocycles. The first-order valence-corrected chi connectivity index (χ1v) is 6.72. The van der Waals surface area contributed by atoms with Gasteiger partial charge in [0.1, 0.15) is 5.52 Å². The van der Waals surface area contributed by atoms with Crippen LogP contribution in [-0.4, -0.2) is 9.91 Å². The fourth-order valence-corrected chi connectivity index (χ4v) is 2.28. The van der Waals surface area contributed by atoms with Crippen LogP contribution in [0.1, 0.15) is 0 Å². The minimum absolute atomic E-state index is 0.0189. The topological polar surface area (TPSA) is 69.2 Å². The molecule has 0 aliphatic rings. The maximum Gasteiger partial charge on any atom is 0.271 e. The van der Waals surface area contributed by atoms with Crippen molar-refractivity contribution in [2.75, 3.05) is 0 Å². The van der Waals surface area contributed by atoms with Gasteiger partial charge in [-0.2, -0.15) is 0 Å². The first kappa shape index (κ1) is 13.1. The molecule has 1 heterocycles. The van der Waals surface area contributed by atoms with Crippen LogP contribution in [0.15, 0.2) is 45.3 Å². The highest BCUT2D eigenvalue weighted by Gasteiger charge is 2.13. The number of fused-ring (bicyclic) bond motifs is 1. The summed E-state index contributed by atoms with van der Waals surface area (Å²) in [6.45, 7) is 0. The van der Waals surface area contributed by atoms with Gasteiger partial charge in [-0.05, 0) is 40.2 Å². The van der Waals surface area contributed by atoms with Crippen molar-refractivity contribution < 1.29 is 9.34 Å². The van der Waals surface area contributed by atoms with Gasteiger partial charge in [-0.15, -0.1) is 0 Å². The van der Waals surface area contributed by atoms with Crippen LogP contribution in [0.3, 0.4) is 0 Å². The van der Waals surface area contributed by atoms with E-state index in [2.05, 4.69) is 20.9 Å². The van der Waals surface area contributed by atoms with Crippen molar-refractivity contribution >= 4 is 44.3 Å². The summed E-state index contributed by atoms with van der Waals surface area (Å²) in [4.78, 5) is 14.5. The lowest BCUT2D eigenvalue weighted by molar-refractivity contribution is -0.384. The number of nitro benzene ring substituents is 1. The number of benzene rings is 2. The SMILES string of the molecule is O=[N+]([O-])c1ccc2oc(-c3ccc(Cl)c(Br)c3)nc2c1. The molecule has 0 saturated carbocycles. The van der Waals surface area contributed by atoms with Gasteiger partial charge < -0.3 is 4.42 Å². The molecule has 5 nitrogen and oxygen atoms in total. The highest BCUT2D eigenvalue weighted by molar-refractivity contribution is 9.10. The molecule has 0 atom stereocenters. The molecule has 0 bridgehead atoms. The summed E-state index contributed by atoms with van der Waals surface area (Å²) in [5, 5.41) is 11.3. The molecule has 0 spiro atoms. The maximum absolute atomic E-state index is 10.7. The molecule has 1 aromatic heterocycles. The lowest BCUT2D eigenvalue weighted by Crippen LogP contribution is -1.86. The molecule has 0 fully saturated rings. The number of halogens is 2. The minimum atomic E-state index is -0.466. The first-order chi connectivity index (χ1) is 9.54. The van der Waals surface area contributed by atoms with Crippen molar-refractivity contribution in [1.29, 1.82) is 0 Å². The van der Waals surface area contributed by atoms with Crippen molar-refractivity contribution in [3.63, 3.8) is 0 Å². The Morgan fingerprint density at radius 2 is 2.05 bits per heavy atom. The molecule has 3 rings (SSSR count). The van der Waals surface area contributed by atoms with Gasteiger partial charge in [0.05, 0.1) is 9.95 Å². The number of nitrogens with zero attached hydrogens (tertiary/aromatic N) is 2. The third-order valence-electron chi connectivity index (χ3n) is 2.75. The average molecular weight is 354 g/mol. The van der Waals surface area contributed by atoms with E-state index in [1.807, 2.05) is 0 Å². The van der Waals surface area contributed by atoms with Gasteiger partial charge in [0.15, 0.2) is 5.58 Å². The van der Waals surface area contributed by atoms with Crippen LogP contribution in [0, 0.1) is 10.1 Å². The van der Waals surface area contributed by atoms with Crippen molar-refractivity contribution in [1.82, 2.24) is 4.98 Å². The van der Waals surface area contributed by atoms with Crippen LogP contribution < -0.4 is 0 Å². The summed E-state index contributed by atoms with van der Waals surface area (Å²) < 4.78 is 6.31. The van der Waals surface area contributed by atoms with Crippen LogP contribution in [0.5, 0.6) is 0 Å². The van der Waals surface area contributed by atoms with Gasteiger partial charge in [-0.1, -0.05) is 11.6 Å². The summed E-state index contributed by atoms with van der Waals surface area (Å²) >= 11 is 9.26. The van der Waals surface area contributed by atoms with E-state index in [4.69, 9.17) is 16.0 Å². The van der Waals surface area contributed by atoms with Gasteiger partial charge in [0, 0.05) is 22.2 Å². The Kier molecular flexibility index (Phi) is 3.19. The van der Waals surface area contributed by atoms with Crippen molar-refractivity contribution in [3.05, 3.63) is 56.0 Å². The number of hydrogen-bond acceptors (Lipinski definition) is 4. The van der Waals surface area contributed by atoms with E-state index < -0.39 is 4.92 Å². The van der Waals surface area contributed by atoms with Crippen molar-refractivity contribution in [2.45, 2.75) is 0 Å². The molecule has 0 unspecified atom stereocenters. The summed E-state index contributed by atoms with van der Waals surface area (Å²) in [5.74, 6) is 0.387. The smallest absolute Gasteiger partial charge is 0.271 e. The molecule has 7 heteroatoms. The maximum atomic E-state index is 10.7. The van der Waals surface area contributed by atoms with E-state index in [9.17, 15) is 10.1 Å². The first-order valence-electron chi connectivity index (χ1n) is 5.55. The van der Waals surface area contributed by atoms with Crippen LogP contribution in [-0.2, 0) is 0 Å². The molecule has 20 heavy (non-hydrogen) atoms. The highest BCUT2D eigenvalue weighted by Crippen LogP contribution is 2.31. The van der Waals surface area contributed by atoms with Crippen LogP contribution >= 0.6 is 27.5 Å². The highest BCUT2D eigenvalue weighted by atomic mass is 79.9. The van der Waals surface area contributed by atoms with E-state index in [1.165, 1.54) is 18.2 Å². The van der Waals surface area contributed by atoms with Crippen LogP contribution in [0.25, 0.3) is 22.6 Å². The van der Waals surface area contributed by atoms with Gasteiger partial charge >= 0.3 is 0 Å². The molecule has 0 saturated heterocycles. The number of hydrogen-bond donors (Lipinski definition) is 0. The second-order valence-corrected chi connectivity index (χ2v) is 5.32. The Morgan fingerprint density at radius 3 is 2.75 bits per heavy atom. The van der Waals surface area contributed by atoms with Crippen molar-refractivity contribution in [3.8, 4) is 11.5 Å². The largest absolute Gasteiger partial charge is 0.436 e. The molecule has 2 aromatic carbocycles. The molecule has 100 valence electrons. The van der Waals surface area contributed by atoms with E-state index in [1.54, 1.807) is 18.2 Å². The molecule has 3 aromatic rings. The minimum Gasteiger partial charge on any atom is -0.436 e. The fourth-order valence-electron chi connectivity index (χ4n) is 1.78. The Morgan fingerprint density at radius 1 is 1.25 bits per heavy atom. The molecule has 0 amide bonds. The van der Waals surface area contributed by atoms with E-state index in [0.29, 0.717) is 22.0 Å². The zero-order valence-electron chi connectivity index (χ0n) is 9.84. The van der Waals surface area contributed by atoms with E-state index in [0.717, 1.165) is 10.0 Å². The summed E-state index contributed by atoms with van der Waals surface area (Å²) in [6, 6.07) is 9.57. The number of non-ortho nitro benzene ring substituents is 1. The third kappa shape index (κ3) is 2.28. The van der Waals surface area contributed by atoms with Crippen molar-refractivity contribution in [2.24, 2.45) is 0 Å². The summed E-state index contributed by atoms with van der Waals surface area (Å²) in [6.07, 6.45) is 0. The standard InChI is InChI=1S/C13H6BrClN2O3/c14-9-5-7(1-3-10(9)15)13-16-11-6-8(17(18)19)2-4-12(11)20-13/h1-6H. The fraction of sp³-hybridized carbons (Fsp3) is 0. The summed E-state index contributed by atoms with van der Waals surface area (Å²) in [7, 11) is 0. The molecule has 0 aliphatic heterocycles. The Labute approximate surface area is 126 Å². The van der Waals surface area contributed by atoms with Gasteiger partial charge in [-0.3, -0.25) is 10.1 Å². The van der Waals surface area contributed by atoms with Gasteiger partial charge in [-0.25, -0.2) is 4.98 Å². The molecule has 0 N–H and O–H groups in total. The predicted molar refractivity (Wildman–Crippen MR) is 78.8 cm³/mol. The second kappa shape index (κ2) is 4.88. The molecule has 0 radical (unpaired) electrons. The van der Waals surface area contributed by atoms with Gasteiger partial charge in [0.2, 0.25) is 5.89 Å². The van der Waals surface area contributed by atoms with Crippen LogP contribution in [0.4, 0.5) is 5.69 Å². The monoisotopic (exact) mass is 352 g/mol. The number of aromatic nitrogens is 1. The van der Waals surface area contributed by atoms with E-state index >= 15 is 0 Å². The second-order valence-electron chi connectivity index (χ2n) is 4.06. The zero-order valence-corrected chi connectivity index (χ0v) is 12.2. The van der Waals surface area contributed by atoms with E-state index in [-0.39, 0.29) is 5.69 Å². The normalized spacial score (nSPS) is 10.9. The van der Waals surface area contributed by atoms with Gasteiger partial charge in [0.25, 0.3) is 5.69 Å². The Balaban J connectivity index is 2.12. The average Bonchev–Trinajstić information content (AvgIpc) is 2.84. The third-order valence-corrected chi connectivity index (χ3v) is 3.96. The Hall–Kier alpha value is -1.92. The summed E-state index contributed by atoms with van der Waals surface area (Å²) in [5.41, 5.74) is 1.66. The Bertz CT molecular complexity index is 832. The lowest BCUT2D eigenvalue weighted by Gasteiger charge is -1.98. The number of rotatable bonds is 2. The predicted octanol–water partition coefficient (Wildman–Crippen LogP) is 4.82. The van der Waals surface area contributed by atoms with Crippen LogP contribution in [0.2, 0.25) is 5.02 Å². The zero-order chi connectivity index (χ0) is 14.3. The molecular weight excluding hydrogens is 348 g/mol. The molecular formula is C13H6BrClN2O3. The quantitative estimate of drug-likeness (QED) is 0.489. The number of oxazole rings is 1.